The molecule has 0 spiro atoms. The van der Waals surface area contributed by atoms with Crippen LogP contribution in [0.3, 0.4) is 0 Å². The monoisotopic (exact) mass is 216 g/mol. The minimum Gasteiger partial charge on any atom is -0.469 e. The molecule has 15 heavy (non-hydrogen) atoms. The van der Waals surface area contributed by atoms with Crippen molar-refractivity contribution in [3.05, 3.63) is 0 Å². The predicted molar refractivity (Wildman–Crippen MR) is 56.8 cm³/mol. The molecule has 1 unspecified atom stereocenters. The molecule has 1 N–H and O–H groups in total. The van der Waals surface area contributed by atoms with Crippen molar-refractivity contribution < 1.29 is 19.2 Å². The Bertz CT molecular complexity index is 190. The van der Waals surface area contributed by atoms with Crippen LogP contribution < -0.4 is 4.90 Å². The summed E-state index contributed by atoms with van der Waals surface area (Å²) >= 11 is 0. The third-order valence-corrected chi connectivity index (χ3v) is 3.12. The first kappa shape index (κ1) is 12.5. The Morgan fingerprint density at radius 1 is 1.33 bits per heavy atom. The summed E-state index contributed by atoms with van der Waals surface area (Å²) in [5.74, 6) is -0.116. The first-order valence-electron chi connectivity index (χ1n) is 5.68. The molecule has 0 aliphatic carbocycles. The topological polar surface area (TPSA) is 40.0 Å². The van der Waals surface area contributed by atoms with Crippen LogP contribution >= 0.6 is 0 Å². The first-order chi connectivity index (χ1) is 7.27. The number of carbonyl (C=O) groups excluding carboxylic acids is 1. The second-order valence-corrected chi connectivity index (χ2v) is 4.13. The smallest absolute Gasteiger partial charge is 0.305 e. The lowest BCUT2D eigenvalue weighted by atomic mass is 10.1. The second kappa shape index (κ2) is 6.80. The fourth-order valence-electron chi connectivity index (χ4n) is 2.24. The van der Waals surface area contributed by atoms with E-state index in [4.69, 9.17) is 4.74 Å². The van der Waals surface area contributed by atoms with Gasteiger partial charge >= 0.3 is 5.97 Å². The number of hydrogen-bond acceptors (Lipinski definition) is 3. The first-order valence-corrected chi connectivity index (χ1v) is 5.68. The molecule has 1 aliphatic rings. The zero-order valence-electron chi connectivity index (χ0n) is 9.75. The maximum Gasteiger partial charge on any atom is 0.305 e. The van der Waals surface area contributed by atoms with Crippen molar-refractivity contribution in [1.29, 1.82) is 0 Å². The van der Waals surface area contributed by atoms with Gasteiger partial charge in [-0.2, -0.15) is 0 Å². The van der Waals surface area contributed by atoms with Crippen molar-refractivity contribution in [3.63, 3.8) is 0 Å². The van der Waals surface area contributed by atoms with Crippen molar-refractivity contribution in [2.24, 2.45) is 0 Å². The van der Waals surface area contributed by atoms with E-state index in [1.807, 2.05) is 0 Å². The highest BCUT2D eigenvalue weighted by Crippen LogP contribution is 2.00. The van der Waals surface area contributed by atoms with Gasteiger partial charge in [-0.15, -0.1) is 0 Å². The molecule has 0 aromatic carbocycles. The molecule has 4 heteroatoms. The molecular weight excluding hydrogens is 194 g/mol. The molecule has 1 aliphatic heterocycles. The molecule has 1 fully saturated rings. The highest BCUT2D eigenvalue weighted by atomic mass is 16.5. The number of methoxy groups -OCH3 is 2. The molecule has 0 radical (unpaired) electrons. The van der Waals surface area contributed by atoms with Crippen LogP contribution in [0.25, 0.3) is 0 Å². The van der Waals surface area contributed by atoms with E-state index >= 15 is 0 Å². The zero-order chi connectivity index (χ0) is 11.1. The average molecular weight is 216 g/mol. The molecule has 4 nitrogen and oxygen atoms in total. The largest absolute Gasteiger partial charge is 0.469 e. The van der Waals surface area contributed by atoms with Gasteiger partial charge in [-0.05, 0) is 0 Å². The lowest BCUT2D eigenvalue weighted by molar-refractivity contribution is -0.914. The third kappa shape index (κ3) is 4.18. The van der Waals surface area contributed by atoms with E-state index in [1.165, 1.54) is 33.0 Å². The van der Waals surface area contributed by atoms with E-state index in [1.54, 1.807) is 12.0 Å². The number of likely N-dealkylation sites (tertiary alicyclic amines) is 1. The van der Waals surface area contributed by atoms with Gasteiger partial charge in [-0.25, -0.2) is 0 Å². The summed E-state index contributed by atoms with van der Waals surface area (Å²) in [7, 11) is 3.16. The number of hydrogen-bond donors (Lipinski definition) is 1. The molecule has 1 heterocycles. The fourth-order valence-corrected chi connectivity index (χ4v) is 2.24. The van der Waals surface area contributed by atoms with Gasteiger partial charge in [0, 0.05) is 26.4 Å². The van der Waals surface area contributed by atoms with Crippen molar-refractivity contribution in [2.45, 2.75) is 31.7 Å². The summed E-state index contributed by atoms with van der Waals surface area (Å²) in [5.41, 5.74) is 0. The molecule has 0 aromatic rings. The SMILES string of the molecule is COCC(CCC(=O)OC)[NH+]1CCCC1. The summed E-state index contributed by atoms with van der Waals surface area (Å²) in [5, 5.41) is 0. The van der Waals surface area contributed by atoms with Crippen molar-refractivity contribution in [3.8, 4) is 0 Å². The summed E-state index contributed by atoms with van der Waals surface area (Å²) in [6.07, 6.45) is 3.98. The normalized spacial score (nSPS) is 19.1. The van der Waals surface area contributed by atoms with E-state index in [-0.39, 0.29) is 5.97 Å². The van der Waals surface area contributed by atoms with Crippen LogP contribution in [0.2, 0.25) is 0 Å². The van der Waals surface area contributed by atoms with Crippen LogP contribution in [-0.2, 0) is 14.3 Å². The Kier molecular flexibility index (Phi) is 5.65. The maximum atomic E-state index is 11.1. The van der Waals surface area contributed by atoms with E-state index in [2.05, 4.69) is 4.74 Å². The Balaban J connectivity index is 2.32. The maximum absolute atomic E-state index is 11.1. The Hall–Kier alpha value is -0.610. The molecule has 88 valence electrons. The van der Waals surface area contributed by atoms with E-state index in [0.29, 0.717) is 12.5 Å². The second-order valence-electron chi connectivity index (χ2n) is 4.13. The van der Waals surface area contributed by atoms with Gasteiger partial charge in [0.1, 0.15) is 6.04 Å². The van der Waals surface area contributed by atoms with Gasteiger partial charge < -0.3 is 14.4 Å². The highest BCUT2D eigenvalue weighted by molar-refractivity contribution is 5.69. The standard InChI is InChI=1S/C11H21NO3/c1-14-9-10(5-6-11(13)15-2)12-7-3-4-8-12/h10H,3-9H2,1-2H3/p+1. The van der Waals surface area contributed by atoms with E-state index in [9.17, 15) is 4.79 Å². The van der Waals surface area contributed by atoms with Gasteiger partial charge in [0.05, 0.1) is 33.2 Å². The molecule has 1 rings (SSSR count). The lowest BCUT2D eigenvalue weighted by Crippen LogP contribution is -3.14. The van der Waals surface area contributed by atoms with Crippen LogP contribution in [0.5, 0.6) is 0 Å². The molecule has 1 saturated heterocycles. The molecule has 1 atom stereocenters. The highest BCUT2D eigenvalue weighted by Gasteiger charge is 2.26. The molecule has 0 amide bonds. The predicted octanol–water partition coefficient (Wildman–Crippen LogP) is -0.367. The van der Waals surface area contributed by atoms with Gasteiger partial charge in [-0.3, -0.25) is 4.79 Å². The van der Waals surface area contributed by atoms with Crippen molar-refractivity contribution in [2.75, 3.05) is 33.9 Å². The number of nitrogens with one attached hydrogen (secondary N) is 1. The number of quaternary nitrogens is 1. The van der Waals surface area contributed by atoms with Crippen LogP contribution in [0.1, 0.15) is 25.7 Å². The lowest BCUT2D eigenvalue weighted by Gasteiger charge is -2.23. The van der Waals surface area contributed by atoms with Crippen molar-refractivity contribution >= 4 is 5.97 Å². The summed E-state index contributed by atoms with van der Waals surface area (Å²) in [6, 6.07) is 0.455. The van der Waals surface area contributed by atoms with Gasteiger partial charge in [0.2, 0.25) is 0 Å². The summed E-state index contributed by atoms with van der Waals surface area (Å²) < 4.78 is 9.86. The Morgan fingerprint density at radius 2 is 2.00 bits per heavy atom. The Morgan fingerprint density at radius 3 is 2.53 bits per heavy atom. The van der Waals surface area contributed by atoms with Crippen molar-refractivity contribution in [1.82, 2.24) is 0 Å². The van der Waals surface area contributed by atoms with Gasteiger partial charge in [0.25, 0.3) is 0 Å². The molecule has 0 aromatic heterocycles. The third-order valence-electron chi connectivity index (χ3n) is 3.12. The van der Waals surface area contributed by atoms with Gasteiger partial charge in [0.15, 0.2) is 0 Å². The van der Waals surface area contributed by atoms with Crippen LogP contribution in [0.15, 0.2) is 0 Å². The minimum absolute atomic E-state index is 0.116. The summed E-state index contributed by atoms with van der Waals surface area (Å²) in [6.45, 7) is 3.18. The number of carbonyl (C=O) groups is 1. The average Bonchev–Trinajstić information content (AvgIpc) is 2.76. The minimum atomic E-state index is -0.116. The quantitative estimate of drug-likeness (QED) is 0.616. The molecule has 0 saturated carbocycles. The fraction of sp³-hybridized carbons (Fsp3) is 0.909. The number of ether oxygens (including phenoxy) is 2. The van der Waals surface area contributed by atoms with Crippen LogP contribution in [0.4, 0.5) is 0 Å². The number of rotatable bonds is 6. The summed E-state index contributed by atoms with van der Waals surface area (Å²) in [4.78, 5) is 12.6. The van der Waals surface area contributed by atoms with Gasteiger partial charge in [-0.1, -0.05) is 0 Å². The Labute approximate surface area is 91.5 Å². The zero-order valence-corrected chi connectivity index (χ0v) is 9.75. The molecule has 0 bridgehead atoms. The van der Waals surface area contributed by atoms with E-state index < -0.39 is 0 Å². The molecular formula is C11H22NO3+. The number of esters is 1. The van der Waals surface area contributed by atoms with E-state index in [0.717, 1.165) is 13.0 Å². The van der Waals surface area contributed by atoms with Crippen LogP contribution in [0, 0.1) is 0 Å². The van der Waals surface area contributed by atoms with Crippen LogP contribution in [-0.4, -0.2) is 45.9 Å².